The summed E-state index contributed by atoms with van der Waals surface area (Å²) in [6, 6.07) is 2.68. The van der Waals surface area contributed by atoms with Crippen LogP contribution in [0.4, 0.5) is 0 Å². The Morgan fingerprint density at radius 3 is 2.75 bits per heavy atom. The van der Waals surface area contributed by atoms with E-state index >= 15 is 0 Å². The van der Waals surface area contributed by atoms with Crippen molar-refractivity contribution in [1.29, 1.82) is 5.26 Å². The highest BCUT2D eigenvalue weighted by Gasteiger charge is 2.25. The summed E-state index contributed by atoms with van der Waals surface area (Å²) in [6.45, 7) is 4.42. The number of nitriles is 1. The molecule has 0 spiro atoms. The maximum Gasteiger partial charge on any atom is 0.328 e. The van der Waals surface area contributed by atoms with E-state index in [1.165, 1.54) is 0 Å². The van der Waals surface area contributed by atoms with Gasteiger partial charge in [-0.25, -0.2) is 4.79 Å². The van der Waals surface area contributed by atoms with E-state index in [0.29, 0.717) is 19.0 Å². The lowest BCUT2D eigenvalue weighted by Gasteiger charge is -2.14. The van der Waals surface area contributed by atoms with Crippen molar-refractivity contribution in [2.45, 2.75) is 45.7 Å². The van der Waals surface area contributed by atoms with Crippen LogP contribution in [-0.2, 0) is 6.54 Å². The Balaban J connectivity index is 2.06. The first-order valence-electron chi connectivity index (χ1n) is 5.72. The maximum atomic E-state index is 11.9. The monoisotopic (exact) mass is 219 g/mol. The van der Waals surface area contributed by atoms with Crippen LogP contribution in [0.25, 0.3) is 0 Å². The topological polar surface area (TPSA) is 50.7 Å². The van der Waals surface area contributed by atoms with Gasteiger partial charge in [-0.05, 0) is 33.1 Å². The fourth-order valence-electron chi connectivity index (χ4n) is 1.68. The van der Waals surface area contributed by atoms with Crippen LogP contribution in [0.5, 0.6) is 0 Å². The van der Waals surface area contributed by atoms with Crippen molar-refractivity contribution in [3.63, 3.8) is 0 Å². The summed E-state index contributed by atoms with van der Waals surface area (Å²) >= 11 is 0. The lowest BCUT2D eigenvalue weighted by atomic mass is 9.91. The molecule has 0 aromatic carbocycles. The van der Waals surface area contributed by atoms with E-state index in [0.717, 1.165) is 12.8 Å². The summed E-state index contributed by atoms with van der Waals surface area (Å²) in [5.41, 5.74) is -0.294. The van der Waals surface area contributed by atoms with Gasteiger partial charge >= 0.3 is 5.69 Å². The smallest absolute Gasteiger partial charge is 0.299 e. The van der Waals surface area contributed by atoms with Gasteiger partial charge in [0.25, 0.3) is 0 Å². The molecular weight excluding hydrogens is 202 g/mol. The zero-order chi connectivity index (χ0) is 11.8. The van der Waals surface area contributed by atoms with Gasteiger partial charge in [0.05, 0.1) is 11.5 Å². The highest BCUT2D eigenvalue weighted by atomic mass is 16.1. The Morgan fingerprint density at radius 2 is 2.19 bits per heavy atom. The Kier molecular flexibility index (Phi) is 2.63. The fourth-order valence-corrected chi connectivity index (χ4v) is 1.68. The Morgan fingerprint density at radius 1 is 1.50 bits per heavy atom. The van der Waals surface area contributed by atoms with Gasteiger partial charge < -0.3 is 0 Å². The normalized spacial score (nSPS) is 16.1. The van der Waals surface area contributed by atoms with Crippen LogP contribution in [0.1, 0.15) is 39.2 Å². The van der Waals surface area contributed by atoms with Gasteiger partial charge in [0.1, 0.15) is 0 Å². The van der Waals surface area contributed by atoms with Gasteiger partial charge in [0.15, 0.2) is 0 Å². The first kappa shape index (κ1) is 11.0. The summed E-state index contributed by atoms with van der Waals surface area (Å²) in [5, 5.41) is 8.90. The number of aryl methyl sites for hydroxylation is 1. The number of hydrogen-bond donors (Lipinski definition) is 0. The van der Waals surface area contributed by atoms with Gasteiger partial charge in [-0.15, -0.1) is 0 Å². The van der Waals surface area contributed by atoms with Crippen LogP contribution >= 0.6 is 0 Å². The minimum atomic E-state index is -0.360. The standard InChI is InChI=1S/C12H17N3O/c1-12(2,9-13)5-6-14-7-8-15(11(14)16)10-3-4-10/h7-8,10H,3-6H2,1-2H3. The fraction of sp³-hybridized carbons (Fsp3) is 0.667. The van der Waals surface area contributed by atoms with Crippen molar-refractivity contribution in [2.24, 2.45) is 5.41 Å². The van der Waals surface area contributed by atoms with Crippen molar-refractivity contribution >= 4 is 0 Å². The third-order valence-corrected chi connectivity index (χ3v) is 3.09. The van der Waals surface area contributed by atoms with Gasteiger partial charge in [-0.1, -0.05) is 0 Å². The molecule has 1 aromatic rings. The van der Waals surface area contributed by atoms with Crippen molar-refractivity contribution in [3.8, 4) is 6.07 Å². The zero-order valence-electron chi connectivity index (χ0n) is 9.81. The molecule has 0 N–H and O–H groups in total. The second-order valence-corrected chi connectivity index (χ2v) is 5.16. The largest absolute Gasteiger partial charge is 0.328 e. The molecule has 1 heterocycles. The number of imidazole rings is 1. The summed E-state index contributed by atoms with van der Waals surface area (Å²) < 4.78 is 3.51. The lowest BCUT2D eigenvalue weighted by molar-refractivity contribution is 0.407. The molecule has 0 aliphatic heterocycles. The average molecular weight is 219 g/mol. The second kappa shape index (κ2) is 3.82. The highest BCUT2D eigenvalue weighted by Crippen LogP contribution is 2.33. The molecule has 1 aromatic heterocycles. The number of nitrogens with zero attached hydrogens (tertiary/aromatic N) is 3. The van der Waals surface area contributed by atoms with E-state index in [2.05, 4.69) is 6.07 Å². The van der Waals surface area contributed by atoms with E-state index in [1.807, 2.05) is 26.2 Å². The van der Waals surface area contributed by atoms with Gasteiger partial charge in [0.2, 0.25) is 0 Å². The van der Waals surface area contributed by atoms with Gasteiger partial charge in [0, 0.05) is 25.0 Å². The number of aromatic nitrogens is 2. The van der Waals surface area contributed by atoms with E-state index in [-0.39, 0.29) is 11.1 Å². The van der Waals surface area contributed by atoms with Crippen molar-refractivity contribution in [2.75, 3.05) is 0 Å². The van der Waals surface area contributed by atoms with Crippen LogP contribution in [0.15, 0.2) is 17.2 Å². The van der Waals surface area contributed by atoms with Gasteiger partial charge in [-0.2, -0.15) is 5.26 Å². The molecule has 1 aliphatic carbocycles. The Labute approximate surface area is 95.1 Å². The molecule has 4 heteroatoms. The predicted octanol–water partition coefficient (Wildman–Crippen LogP) is 1.92. The van der Waals surface area contributed by atoms with Crippen LogP contribution in [0, 0.1) is 16.7 Å². The summed E-state index contributed by atoms with van der Waals surface area (Å²) in [5.74, 6) is 0. The van der Waals surface area contributed by atoms with Crippen molar-refractivity contribution in [3.05, 3.63) is 22.9 Å². The number of hydrogen-bond acceptors (Lipinski definition) is 2. The minimum absolute atomic E-state index is 0.0660. The van der Waals surface area contributed by atoms with E-state index in [1.54, 1.807) is 9.13 Å². The third kappa shape index (κ3) is 2.19. The van der Waals surface area contributed by atoms with Crippen LogP contribution < -0.4 is 5.69 Å². The molecule has 1 aliphatic rings. The van der Waals surface area contributed by atoms with Crippen molar-refractivity contribution in [1.82, 2.24) is 9.13 Å². The molecule has 16 heavy (non-hydrogen) atoms. The highest BCUT2D eigenvalue weighted by molar-refractivity contribution is 4.94. The average Bonchev–Trinajstić information content (AvgIpc) is 3.02. The second-order valence-electron chi connectivity index (χ2n) is 5.16. The molecule has 0 bridgehead atoms. The number of rotatable bonds is 4. The molecule has 0 amide bonds. The van der Waals surface area contributed by atoms with E-state index in [4.69, 9.17) is 5.26 Å². The van der Waals surface area contributed by atoms with E-state index < -0.39 is 0 Å². The molecule has 0 saturated heterocycles. The predicted molar refractivity (Wildman–Crippen MR) is 61.0 cm³/mol. The minimum Gasteiger partial charge on any atom is -0.299 e. The molecule has 4 nitrogen and oxygen atoms in total. The lowest BCUT2D eigenvalue weighted by Crippen LogP contribution is -2.25. The van der Waals surface area contributed by atoms with Crippen LogP contribution in [-0.4, -0.2) is 9.13 Å². The summed E-state index contributed by atoms with van der Waals surface area (Å²) in [7, 11) is 0. The summed E-state index contributed by atoms with van der Waals surface area (Å²) in [4.78, 5) is 11.9. The van der Waals surface area contributed by atoms with Crippen LogP contribution in [0.3, 0.4) is 0 Å². The first-order valence-corrected chi connectivity index (χ1v) is 5.72. The van der Waals surface area contributed by atoms with Crippen molar-refractivity contribution < 1.29 is 0 Å². The SMILES string of the molecule is CC(C)(C#N)CCn1ccn(C2CC2)c1=O. The first-order chi connectivity index (χ1) is 7.53. The molecule has 2 rings (SSSR count). The molecule has 1 saturated carbocycles. The molecule has 1 fully saturated rings. The quantitative estimate of drug-likeness (QED) is 0.776. The molecule has 86 valence electrons. The molecule has 0 radical (unpaired) electrons. The van der Waals surface area contributed by atoms with Gasteiger partial charge in [-0.3, -0.25) is 9.13 Å². The van der Waals surface area contributed by atoms with Crippen LogP contribution in [0.2, 0.25) is 0 Å². The summed E-state index contributed by atoms with van der Waals surface area (Å²) in [6.07, 6.45) is 6.63. The zero-order valence-corrected chi connectivity index (χ0v) is 9.81. The molecular formula is C12H17N3O. The Bertz CT molecular complexity index is 471. The molecule has 0 unspecified atom stereocenters. The maximum absolute atomic E-state index is 11.9. The third-order valence-electron chi connectivity index (χ3n) is 3.09. The molecule has 0 atom stereocenters. The van der Waals surface area contributed by atoms with E-state index in [9.17, 15) is 4.79 Å². The Hall–Kier alpha value is -1.50.